The van der Waals surface area contributed by atoms with Crippen molar-refractivity contribution in [2.45, 2.75) is 70.8 Å². The van der Waals surface area contributed by atoms with Crippen LogP contribution in [-0.4, -0.2) is 95.5 Å². The van der Waals surface area contributed by atoms with E-state index in [2.05, 4.69) is 15.1 Å². The van der Waals surface area contributed by atoms with Crippen LogP contribution in [0.2, 0.25) is 0 Å². The number of anilines is 1. The lowest BCUT2D eigenvalue weighted by Gasteiger charge is -2.46. The number of halogens is 1. The lowest BCUT2D eigenvalue weighted by Crippen LogP contribution is -2.60. The number of hydrogen-bond acceptors (Lipinski definition) is 9. The van der Waals surface area contributed by atoms with E-state index in [9.17, 15) is 19.2 Å². The van der Waals surface area contributed by atoms with Crippen LogP contribution in [0.1, 0.15) is 71.9 Å². The number of esters is 1. The largest absolute Gasteiger partial charge is 0.460 e. The maximum Gasteiger partial charge on any atom is 0.306 e. The first-order valence-corrected chi connectivity index (χ1v) is 15.5. The first-order valence-electron chi connectivity index (χ1n) is 15.5. The van der Waals surface area contributed by atoms with Gasteiger partial charge in [-0.2, -0.15) is 0 Å². The van der Waals surface area contributed by atoms with Gasteiger partial charge in [0.1, 0.15) is 11.4 Å². The monoisotopic (exact) mass is 623 g/mol. The van der Waals surface area contributed by atoms with Crippen molar-refractivity contribution in [1.29, 1.82) is 0 Å². The van der Waals surface area contributed by atoms with Crippen LogP contribution < -0.4 is 11.1 Å². The standard InChI is InChI=1S/C33H42FN5O6/c1-33(2,3)45-29(41)10-9-23(16-28(35)40)39-31(42)25-5-4-6-27(30(25)32(39)43)36-17-22-8-7-21(15-26(22)34)18-37-19-24(20-37)38-11-13-44-14-12-38/h4-8,15,23-24,36H,9-14,16-20H2,1-3H3,(H2,35,40)/t23-/m0/s1. The number of ether oxygens (including phenoxy) is 2. The molecule has 3 amide bonds. The minimum atomic E-state index is -0.921. The van der Waals surface area contributed by atoms with E-state index in [4.69, 9.17) is 15.2 Å². The highest BCUT2D eigenvalue weighted by Crippen LogP contribution is 2.33. The number of morpholine rings is 1. The molecular weight excluding hydrogens is 581 g/mol. The molecule has 0 unspecified atom stereocenters. The smallest absolute Gasteiger partial charge is 0.306 e. The number of hydrogen-bond donors (Lipinski definition) is 2. The number of carbonyl (C=O) groups is 4. The molecule has 2 aromatic rings. The van der Waals surface area contributed by atoms with Crippen molar-refractivity contribution in [2.75, 3.05) is 44.7 Å². The molecule has 0 aliphatic carbocycles. The summed E-state index contributed by atoms with van der Waals surface area (Å²) in [7, 11) is 0. The van der Waals surface area contributed by atoms with Gasteiger partial charge in [0.05, 0.1) is 24.3 Å². The Morgan fingerprint density at radius 3 is 2.51 bits per heavy atom. The van der Waals surface area contributed by atoms with Crippen LogP contribution in [0.5, 0.6) is 0 Å². The molecule has 0 bridgehead atoms. The minimum absolute atomic E-state index is 0.0228. The maximum absolute atomic E-state index is 15.2. The molecule has 45 heavy (non-hydrogen) atoms. The van der Waals surface area contributed by atoms with Crippen molar-refractivity contribution in [3.05, 3.63) is 64.5 Å². The Hall–Kier alpha value is -3.87. The van der Waals surface area contributed by atoms with Gasteiger partial charge in [-0.15, -0.1) is 0 Å². The van der Waals surface area contributed by atoms with Gasteiger partial charge in [-0.05, 0) is 51.0 Å². The van der Waals surface area contributed by atoms with E-state index in [0.717, 1.165) is 49.9 Å². The van der Waals surface area contributed by atoms with Crippen LogP contribution in [0, 0.1) is 5.82 Å². The Kier molecular flexibility index (Phi) is 9.85. The number of imide groups is 1. The lowest BCUT2D eigenvalue weighted by atomic mass is 10.0. The Bertz CT molecular complexity index is 1450. The van der Waals surface area contributed by atoms with Crippen molar-refractivity contribution >= 4 is 29.4 Å². The van der Waals surface area contributed by atoms with Crippen LogP contribution in [0.4, 0.5) is 10.1 Å². The summed E-state index contributed by atoms with van der Waals surface area (Å²) < 4.78 is 25.9. The van der Waals surface area contributed by atoms with Crippen LogP contribution in [-0.2, 0) is 32.2 Å². The number of amides is 3. The molecule has 3 aliphatic heterocycles. The molecule has 3 N–H and O–H groups in total. The Balaban J connectivity index is 1.21. The molecule has 2 saturated heterocycles. The molecule has 0 aromatic heterocycles. The zero-order chi connectivity index (χ0) is 32.3. The van der Waals surface area contributed by atoms with Gasteiger partial charge in [-0.25, -0.2) is 4.39 Å². The number of nitrogens with zero attached hydrogens (tertiary/aromatic N) is 3. The summed E-state index contributed by atoms with van der Waals surface area (Å²) in [6, 6.07) is 9.61. The minimum Gasteiger partial charge on any atom is -0.460 e. The number of benzene rings is 2. The Labute approximate surface area is 262 Å². The molecule has 5 rings (SSSR count). The van der Waals surface area contributed by atoms with E-state index in [1.807, 2.05) is 6.07 Å². The second-order valence-electron chi connectivity index (χ2n) is 12.9. The number of carbonyl (C=O) groups excluding carboxylic acids is 4. The molecule has 11 nitrogen and oxygen atoms in total. The van der Waals surface area contributed by atoms with E-state index in [-0.39, 0.29) is 42.8 Å². The number of primary amides is 1. The number of fused-ring (bicyclic) bond motifs is 1. The highest BCUT2D eigenvalue weighted by Gasteiger charge is 2.42. The Morgan fingerprint density at radius 1 is 1.11 bits per heavy atom. The van der Waals surface area contributed by atoms with Crippen molar-refractivity contribution < 1.29 is 33.0 Å². The zero-order valence-corrected chi connectivity index (χ0v) is 26.1. The fourth-order valence-electron chi connectivity index (χ4n) is 6.14. The summed E-state index contributed by atoms with van der Waals surface area (Å²) in [5.74, 6) is -2.75. The zero-order valence-electron chi connectivity index (χ0n) is 26.1. The van der Waals surface area contributed by atoms with Crippen LogP contribution in [0.15, 0.2) is 36.4 Å². The molecule has 0 saturated carbocycles. The molecule has 3 heterocycles. The summed E-state index contributed by atoms with van der Waals surface area (Å²) in [5, 5.41) is 3.12. The molecule has 2 aromatic carbocycles. The van der Waals surface area contributed by atoms with Gasteiger partial charge in [0.15, 0.2) is 0 Å². The van der Waals surface area contributed by atoms with Gasteiger partial charge >= 0.3 is 5.97 Å². The number of nitrogens with two attached hydrogens (primary N) is 1. The van der Waals surface area contributed by atoms with Gasteiger partial charge in [0.2, 0.25) is 5.91 Å². The van der Waals surface area contributed by atoms with E-state index in [1.165, 1.54) is 6.07 Å². The van der Waals surface area contributed by atoms with Crippen LogP contribution in [0.25, 0.3) is 0 Å². The summed E-state index contributed by atoms with van der Waals surface area (Å²) in [4.78, 5) is 57.0. The predicted octanol–water partition coefficient (Wildman–Crippen LogP) is 2.92. The normalized spacial score (nSPS) is 18.4. The SMILES string of the molecule is CC(C)(C)OC(=O)CC[C@@H](CC(N)=O)N1C(=O)c2cccc(NCc3ccc(CN4CC(N5CCOCC5)C4)cc3F)c2C1=O. The summed E-state index contributed by atoms with van der Waals surface area (Å²) >= 11 is 0. The summed E-state index contributed by atoms with van der Waals surface area (Å²) in [6.07, 6.45) is -0.371. The van der Waals surface area contributed by atoms with E-state index in [0.29, 0.717) is 23.8 Å². The van der Waals surface area contributed by atoms with Gasteiger partial charge in [0, 0.05) is 75.4 Å². The number of rotatable bonds is 12. The quantitative estimate of drug-likeness (QED) is 0.270. The molecule has 242 valence electrons. The van der Waals surface area contributed by atoms with Crippen molar-refractivity contribution in [1.82, 2.24) is 14.7 Å². The fraction of sp³-hybridized carbons (Fsp3) is 0.515. The molecule has 1 atom stereocenters. The lowest BCUT2D eigenvalue weighted by molar-refractivity contribution is -0.155. The van der Waals surface area contributed by atoms with Crippen LogP contribution >= 0.6 is 0 Å². The second kappa shape index (κ2) is 13.6. The third kappa shape index (κ3) is 7.86. The summed E-state index contributed by atoms with van der Waals surface area (Å²) in [5.41, 5.74) is 6.73. The van der Waals surface area contributed by atoms with Crippen molar-refractivity contribution in [3.63, 3.8) is 0 Å². The van der Waals surface area contributed by atoms with E-state index in [1.54, 1.807) is 45.0 Å². The molecular formula is C33H42FN5O6. The number of nitrogens with one attached hydrogen (secondary N) is 1. The first kappa shape index (κ1) is 32.5. The fourth-order valence-corrected chi connectivity index (χ4v) is 6.14. The van der Waals surface area contributed by atoms with Crippen LogP contribution in [0.3, 0.4) is 0 Å². The van der Waals surface area contributed by atoms with Gasteiger partial charge in [0.25, 0.3) is 11.8 Å². The van der Waals surface area contributed by atoms with Crippen molar-refractivity contribution in [2.24, 2.45) is 5.73 Å². The third-order valence-electron chi connectivity index (χ3n) is 8.34. The topological polar surface area (TPSA) is 135 Å². The third-order valence-corrected chi connectivity index (χ3v) is 8.34. The number of likely N-dealkylation sites (tertiary alicyclic amines) is 1. The molecule has 12 heteroatoms. The highest BCUT2D eigenvalue weighted by molar-refractivity contribution is 6.24. The molecule has 0 spiro atoms. The molecule has 3 aliphatic rings. The van der Waals surface area contributed by atoms with Gasteiger partial charge in [-0.3, -0.25) is 33.9 Å². The van der Waals surface area contributed by atoms with Gasteiger partial charge in [-0.1, -0.05) is 18.2 Å². The predicted molar refractivity (Wildman–Crippen MR) is 165 cm³/mol. The van der Waals surface area contributed by atoms with E-state index >= 15 is 4.39 Å². The maximum atomic E-state index is 15.2. The first-order chi connectivity index (χ1) is 21.4. The van der Waals surface area contributed by atoms with Gasteiger partial charge < -0.3 is 20.5 Å². The second-order valence-corrected chi connectivity index (χ2v) is 12.9. The average molecular weight is 624 g/mol. The molecule has 0 radical (unpaired) electrons. The Morgan fingerprint density at radius 2 is 1.84 bits per heavy atom. The molecule has 2 fully saturated rings. The summed E-state index contributed by atoms with van der Waals surface area (Å²) in [6.45, 7) is 11.3. The highest BCUT2D eigenvalue weighted by atomic mass is 19.1. The van der Waals surface area contributed by atoms with E-state index < -0.39 is 35.3 Å². The van der Waals surface area contributed by atoms with Crippen molar-refractivity contribution in [3.8, 4) is 0 Å². The average Bonchev–Trinajstić information content (AvgIpc) is 3.21.